The van der Waals surface area contributed by atoms with Crippen molar-refractivity contribution in [2.45, 2.75) is 20.8 Å². The van der Waals surface area contributed by atoms with Crippen LogP contribution in [0.3, 0.4) is 0 Å². The minimum Gasteiger partial charge on any atom is -0.340 e. The molecule has 0 fully saturated rings. The molecule has 0 aliphatic rings. The zero-order valence-electron chi connectivity index (χ0n) is 14.5. The Kier molecular flexibility index (Phi) is 3.69. The Balaban J connectivity index is 1.82. The van der Waals surface area contributed by atoms with Crippen molar-refractivity contribution in [2.75, 3.05) is 5.32 Å². The maximum absolute atomic E-state index is 4.66. The lowest BCUT2D eigenvalue weighted by molar-refractivity contribution is 0.940. The third kappa shape index (κ3) is 3.08. The maximum atomic E-state index is 4.66. The van der Waals surface area contributed by atoms with Crippen LogP contribution in [0.2, 0.25) is 0 Å². The molecule has 0 radical (unpaired) electrons. The van der Waals surface area contributed by atoms with Gasteiger partial charge in [-0.25, -0.2) is 4.98 Å². The Bertz CT molecular complexity index is 1060. The molecule has 2 aromatic heterocycles. The van der Waals surface area contributed by atoms with E-state index in [1.54, 1.807) is 4.52 Å². The van der Waals surface area contributed by atoms with Crippen LogP contribution in [-0.4, -0.2) is 19.6 Å². The number of rotatable bonds is 3. The number of fused-ring (bicyclic) bond motifs is 1. The Labute approximate surface area is 146 Å². The van der Waals surface area contributed by atoms with Crippen molar-refractivity contribution < 1.29 is 0 Å². The summed E-state index contributed by atoms with van der Waals surface area (Å²) in [6, 6.07) is 18.4. The molecule has 0 saturated heterocycles. The molecule has 1 N–H and O–H groups in total. The average molecular weight is 329 g/mol. The molecule has 2 heterocycles. The van der Waals surface area contributed by atoms with E-state index in [1.807, 2.05) is 37.3 Å². The first kappa shape index (κ1) is 15.3. The van der Waals surface area contributed by atoms with Gasteiger partial charge >= 0.3 is 0 Å². The number of nitrogens with zero attached hydrogens (tertiary/aromatic N) is 4. The molecular weight excluding hydrogens is 310 g/mol. The van der Waals surface area contributed by atoms with Crippen LogP contribution in [0.25, 0.3) is 17.2 Å². The summed E-state index contributed by atoms with van der Waals surface area (Å²) in [5.74, 6) is 2.11. The van der Waals surface area contributed by atoms with Crippen LogP contribution in [0.1, 0.15) is 16.8 Å². The van der Waals surface area contributed by atoms with Crippen LogP contribution in [0.15, 0.2) is 54.6 Å². The molecule has 124 valence electrons. The lowest BCUT2D eigenvalue weighted by Gasteiger charge is -2.09. The topological polar surface area (TPSA) is 55.1 Å². The van der Waals surface area contributed by atoms with Crippen molar-refractivity contribution in [3.63, 3.8) is 0 Å². The van der Waals surface area contributed by atoms with Gasteiger partial charge in [0, 0.05) is 23.0 Å². The van der Waals surface area contributed by atoms with Crippen molar-refractivity contribution in [1.29, 1.82) is 0 Å². The molecule has 0 aliphatic heterocycles. The van der Waals surface area contributed by atoms with Gasteiger partial charge in [-0.3, -0.25) is 0 Å². The SMILES string of the molecule is Cc1cccc(Nc2cc(C)nc3nc(-c4cccc(C)c4)nn23)c1. The fourth-order valence-electron chi connectivity index (χ4n) is 2.85. The lowest BCUT2D eigenvalue weighted by Crippen LogP contribution is -2.02. The van der Waals surface area contributed by atoms with E-state index in [0.717, 1.165) is 22.8 Å². The van der Waals surface area contributed by atoms with Crippen molar-refractivity contribution in [3.8, 4) is 11.4 Å². The van der Waals surface area contributed by atoms with Crippen LogP contribution in [0.4, 0.5) is 11.5 Å². The molecule has 0 saturated carbocycles. The Morgan fingerprint density at radius 2 is 1.60 bits per heavy atom. The summed E-state index contributed by atoms with van der Waals surface area (Å²) in [5.41, 5.74) is 5.28. The van der Waals surface area contributed by atoms with Crippen molar-refractivity contribution in [1.82, 2.24) is 19.6 Å². The van der Waals surface area contributed by atoms with Gasteiger partial charge in [-0.2, -0.15) is 9.50 Å². The molecule has 0 unspecified atom stereocenters. The summed E-state index contributed by atoms with van der Waals surface area (Å²) in [7, 11) is 0. The highest BCUT2D eigenvalue weighted by atomic mass is 15.4. The van der Waals surface area contributed by atoms with E-state index in [2.05, 4.69) is 58.5 Å². The summed E-state index contributed by atoms with van der Waals surface area (Å²) < 4.78 is 1.76. The zero-order valence-corrected chi connectivity index (χ0v) is 14.5. The molecule has 5 nitrogen and oxygen atoms in total. The van der Waals surface area contributed by atoms with Gasteiger partial charge in [-0.1, -0.05) is 35.9 Å². The molecular formula is C20H19N5. The number of aromatic nitrogens is 4. The highest BCUT2D eigenvalue weighted by Crippen LogP contribution is 2.22. The highest BCUT2D eigenvalue weighted by molar-refractivity contribution is 5.62. The largest absolute Gasteiger partial charge is 0.340 e. The Morgan fingerprint density at radius 1 is 0.840 bits per heavy atom. The molecule has 4 rings (SSSR count). The summed E-state index contributed by atoms with van der Waals surface area (Å²) in [5, 5.41) is 8.09. The smallest absolute Gasteiger partial charge is 0.254 e. The van der Waals surface area contributed by atoms with E-state index in [4.69, 9.17) is 0 Å². The van der Waals surface area contributed by atoms with Crippen LogP contribution >= 0.6 is 0 Å². The number of hydrogen-bond donors (Lipinski definition) is 1. The quantitative estimate of drug-likeness (QED) is 0.603. The van der Waals surface area contributed by atoms with E-state index in [0.29, 0.717) is 11.6 Å². The Morgan fingerprint density at radius 3 is 2.36 bits per heavy atom. The van der Waals surface area contributed by atoms with Gasteiger partial charge in [0.05, 0.1) is 0 Å². The maximum Gasteiger partial charge on any atom is 0.254 e. The molecule has 4 aromatic rings. The van der Waals surface area contributed by atoms with Gasteiger partial charge in [0.2, 0.25) is 0 Å². The van der Waals surface area contributed by atoms with Crippen LogP contribution in [0, 0.1) is 20.8 Å². The van der Waals surface area contributed by atoms with E-state index >= 15 is 0 Å². The second-order valence-electron chi connectivity index (χ2n) is 6.29. The van der Waals surface area contributed by atoms with Gasteiger partial charge < -0.3 is 5.32 Å². The molecule has 2 aromatic carbocycles. The molecule has 0 atom stereocenters. The van der Waals surface area contributed by atoms with E-state index in [1.165, 1.54) is 11.1 Å². The fourth-order valence-corrected chi connectivity index (χ4v) is 2.85. The monoisotopic (exact) mass is 329 g/mol. The van der Waals surface area contributed by atoms with E-state index < -0.39 is 0 Å². The van der Waals surface area contributed by atoms with Crippen LogP contribution in [-0.2, 0) is 0 Å². The van der Waals surface area contributed by atoms with Crippen molar-refractivity contribution >= 4 is 17.3 Å². The third-order valence-corrected chi connectivity index (χ3v) is 4.01. The third-order valence-electron chi connectivity index (χ3n) is 4.01. The van der Waals surface area contributed by atoms with E-state index in [9.17, 15) is 0 Å². The molecule has 0 spiro atoms. The number of nitrogens with one attached hydrogen (secondary N) is 1. The predicted octanol–water partition coefficient (Wildman–Crippen LogP) is 4.46. The zero-order chi connectivity index (χ0) is 17.4. The summed E-state index contributed by atoms with van der Waals surface area (Å²) in [6.07, 6.45) is 0. The number of anilines is 2. The minimum absolute atomic E-state index is 0.589. The predicted molar refractivity (Wildman–Crippen MR) is 100 cm³/mol. The van der Waals surface area contributed by atoms with Crippen LogP contribution < -0.4 is 5.32 Å². The minimum atomic E-state index is 0.589. The molecule has 25 heavy (non-hydrogen) atoms. The first-order chi connectivity index (χ1) is 12.1. The normalized spacial score (nSPS) is 11.0. The highest BCUT2D eigenvalue weighted by Gasteiger charge is 2.12. The van der Waals surface area contributed by atoms with Gasteiger partial charge in [-0.15, -0.1) is 5.10 Å². The van der Waals surface area contributed by atoms with Crippen molar-refractivity contribution in [2.24, 2.45) is 0 Å². The van der Waals surface area contributed by atoms with E-state index in [-0.39, 0.29) is 0 Å². The van der Waals surface area contributed by atoms with Gasteiger partial charge in [0.25, 0.3) is 5.78 Å². The summed E-state index contributed by atoms with van der Waals surface area (Å²) in [4.78, 5) is 9.12. The molecule has 0 bridgehead atoms. The standard InChI is InChI=1S/C20H19N5/c1-13-6-4-8-16(10-13)19-23-20-21-15(3)12-18(25(20)24-19)22-17-9-5-7-14(2)11-17/h4-12,22H,1-3H3. The average Bonchev–Trinajstić information content (AvgIpc) is 2.99. The molecule has 0 aliphatic carbocycles. The number of benzene rings is 2. The Hall–Kier alpha value is -3.21. The summed E-state index contributed by atoms with van der Waals surface area (Å²) in [6.45, 7) is 6.10. The van der Waals surface area contributed by atoms with Crippen molar-refractivity contribution in [3.05, 3.63) is 71.4 Å². The first-order valence-corrected chi connectivity index (χ1v) is 8.24. The summed E-state index contributed by atoms with van der Waals surface area (Å²) >= 11 is 0. The first-order valence-electron chi connectivity index (χ1n) is 8.24. The number of aryl methyl sites for hydroxylation is 3. The van der Waals surface area contributed by atoms with Gasteiger partial charge in [0.15, 0.2) is 5.82 Å². The van der Waals surface area contributed by atoms with Gasteiger partial charge in [0.1, 0.15) is 5.82 Å². The lowest BCUT2D eigenvalue weighted by atomic mass is 10.1. The fraction of sp³-hybridized carbons (Fsp3) is 0.150. The van der Waals surface area contributed by atoms with Gasteiger partial charge in [-0.05, 0) is 44.5 Å². The second-order valence-corrected chi connectivity index (χ2v) is 6.29. The van der Waals surface area contributed by atoms with Crippen LogP contribution in [0.5, 0.6) is 0 Å². The number of hydrogen-bond acceptors (Lipinski definition) is 4. The second kappa shape index (κ2) is 6.02. The molecule has 0 amide bonds. The molecule has 5 heteroatoms.